The van der Waals surface area contributed by atoms with E-state index in [1.54, 1.807) is 0 Å². The summed E-state index contributed by atoms with van der Waals surface area (Å²) in [7, 11) is 0. The second kappa shape index (κ2) is 5.53. The Labute approximate surface area is 125 Å². The number of hydrogen-bond acceptors (Lipinski definition) is 3. The largest absolute Gasteiger partial charge is 0.487 e. The zero-order valence-corrected chi connectivity index (χ0v) is 12.2. The molecule has 0 amide bonds. The quantitative estimate of drug-likeness (QED) is 0.849. The molecule has 0 bridgehead atoms. The number of nitrogens with zero attached hydrogens (tertiary/aromatic N) is 2. The normalized spacial score (nSPS) is 17.9. The Bertz CT molecular complexity index is 597. The molecule has 0 atom stereocenters. The molecule has 110 valence electrons. The van der Waals surface area contributed by atoms with Gasteiger partial charge in [0.2, 0.25) is 0 Å². The average Bonchev–Trinajstić information content (AvgIpc) is 3.44. The summed E-state index contributed by atoms with van der Waals surface area (Å²) in [5.41, 5.74) is 2.48. The highest BCUT2D eigenvalue weighted by molar-refractivity contribution is 5.27. The van der Waals surface area contributed by atoms with Crippen molar-refractivity contribution in [2.75, 3.05) is 0 Å². The Morgan fingerprint density at radius 1 is 1.14 bits per heavy atom. The summed E-state index contributed by atoms with van der Waals surface area (Å²) in [6, 6.07) is 9.81. The van der Waals surface area contributed by atoms with Gasteiger partial charge in [-0.05, 0) is 43.4 Å². The SMILES string of the molecule is c1cc(OCc2cncn2C2CC2)ccc1CNC1CC1. The second-order valence-electron chi connectivity index (χ2n) is 6.11. The molecule has 0 unspecified atom stereocenters. The van der Waals surface area contributed by atoms with Crippen LogP contribution in [0.4, 0.5) is 0 Å². The highest BCUT2D eigenvalue weighted by Gasteiger charge is 2.25. The smallest absolute Gasteiger partial charge is 0.130 e. The first-order valence-electron chi connectivity index (χ1n) is 7.84. The van der Waals surface area contributed by atoms with E-state index in [1.165, 1.54) is 31.2 Å². The van der Waals surface area contributed by atoms with E-state index < -0.39 is 0 Å². The van der Waals surface area contributed by atoms with E-state index in [4.69, 9.17) is 4.74 Å². The van der Waals surface area contributed by atoms with E-state index in [1.807, 2.05) is 12.5 Å². The van der Waals surface area contributed by atoms with Crippen LogP contribution < -0.4 is 10.1 Å². The molecule has 2 fully saturated rings. The molecular formula is C17H21N3O. The van der Waals surface area contributed by atoms with Crippen LogP contribution in [0.3, 0.4) is 0 Å². The lowest BCUT2D eigenvalue weighted by Crippen LogP contribution is -2.15. The minimum absolute atomic E-state index is 0.593. The van der Waals surface area contributed by atoms with Gasteiger partial charge in [0.1, 0.15) is 12.4 Å². The molecular weight excluding hydrogens is 262 g/mol. The van der Waals surface area contributed by atoms with E-state index in [0.29, 0.717) is 12.6 Å². The van der Waals surface area contributed by atoms with Crippen LogP contribution >= 0.6 is 0 Å². The maximum Gasteiger partial charge on any atom is 0.130 e. The van der Waals surface area contributed by atoms with Crippen LogP contribution in [0.15, 0.2) is 36.8 Å². The molecule has 4 nitrogen and oxygen atoms in total. The molecule has 0 radical (unpaired) electrons. The number of aromatic nitrogens is 2. The number of nitrogens with one attached hydrogen (secondary N) is 1. The van der Waals surface area contributed by atoms with Gasteiger partial charge in [-0.1, -0.05) is 12.1 Å². The van der Waals surface area contributed by atoms with Gasteiger partial charge in [-0.2, -0.15) is 0 Å². The van der Waals surface area contributed by atoms with Crippen LogP contribution in [-0.2, 0) is 13.2 Å². The maximum atomic E-state index is 5.88. The Kier molecular flexibility index (Phi) is 3.39. The van der Waals surface area contributed by atoms with Gasteiger partial charge in [0.25, 0.3) is 0 Å². The summed E-state index contributed by atoms with van der Waals surface area (Å²) < 4.78 is 8.12. The molecule has 0 saturated heterocycles. The molecule has 0 spiro atoms. The minimum Gasteiger partial charge on any atom is -0.487 e. The molecule has 2 saturated carbocycles. The van der Waals surface area contributed by atoms with Crippen molar-refractivity contribution in [1.82, 2.24) is 14.9 Å². The topological polar surface area (TPSA) is 39.1 Å². The fourth-order valence-corrected chi connectivity index (χ4v) is 2.54. The van der Waals surface area contributed by atoms with Crippen LogP contribution in [-0.4, -0.2) is 15.6 Å². The molecule has 1 aromatic heterocycles. The Morgan fingerprint density at radius 3 is 2.67 bits per heavy atom. The van der Waals surface area contributed by atoms with Crippen LogP contribution in [0.2, 0.25) is 0 Å². The average molecular weight is 283 g/mol. The van der Waals surface area contributed by atoms with Crippen LogP contribution in [0, 0.1) is 0 Å². The third kappa shape index (κ3) is 3.27. The predicted octanol–water partition coefficient (Wildman–Crippen LogP) is 3.05. The van der Waals surface area contributed by atoms with E-state index in [0.717, 1.165) is 24.0 Å². The lowest BCUT2D eigenvalue weighted by atomic mass is 10.2. The van der Waals surface area contributed by atoms with Crippen molar-refractivity contribution in [2.24, 2.45) is 0 Å². The molecule has 21 heavy (non-hydrogen) atoms. The lowest BCUT2D eigenvalue weighted by molar-refractivity contribution is 0.295. The molecule has 4 rings (SSSR count). The molecule has 2 aliphatic rings. The number of rotatable bonds is 7. The van der Waals surface area contributed by atoms with Gasteiger partial charge in [0, 0.05) is 18.6 Å². The van der Waals surface area contributed by atoms with Gasteiger partial charge >= 0.3 is 0 Å². The first kappa shape index (κ1) is 12.9. The van der Waals surface area contributed by atoms with Crippen molar-refractivity contribution in [3.8, 4) is 5.75 Å². The number of imidazole rings is 1. The summed E-state index contributed by atoms with van der Waals surface area (Å²) in [5, 5.41) is 3.52. The zero-order chi connectivity index (χ0) is 14.1. The van der Waals surface area contributed by atoms with Gasteiger partial charge in [0.15, 0.2) is 0 Å². The summed E-state index contributed by atoms with van der Waals surface area (Å²) in [6.07, 6.45) is 9.03. The molecule has 1 aromatic carbocycles. The monoisotopic (exact) mass is 283 g/mol. The highest BCUT2D eigenvalue weighted by Crippen LogP contribution is 2.35. The number of hydrogen-bond donors (Lipinski definition) is 1. The minimum atomic E-state index is 0.593. The summed E-state index contributed by atoms with van der Waals surface area (Å²) >= 11 is 0. The van der Waals surface area contributed by atoms with Crippen molar-refractivity contribution in [3.05, 3.63) is 48.0 Å². The number of ether oxygens (including phenoxy) is 1. The molecule has 2 aromatic rings. The van der Waals surface area contributed by atoms with Crippen molar-refractivity contribution >= 4 is 0 Å². The highest BCUT2D eigenvalue weighted by atomic mass is 16.5. The van der Waals surface area contributed by atoms with Gasteiger partial charge in [-0.25, -0.2) is 4.98 Å². The molecule has 1 heterocycles. The molecule has 0 aliphatic heterocycles. The predicted molar refractivity (Wildman–Crippen MR) is 81.1 cm³/mol. The Morgan fingerprint density at radius 2 is 1.95 bits per heavy atom. The maximum absolute atomic E-state index is 5.88. The van der Waals surface area contributed by atoms with Crippen molar-refractivity contribution in [3.63, 3.8) is 0 Å². The van der Waals surface area contributed by atoms with Crippen molar-refractivity contribution < 1.29 is 4.74 Å². The second-order valence-corrected chi connectivity index (χ2v) is 6.11. The number of benzene rings is 1. The van der Waals surface area contributed by atoms with Gasteiger partial charge < -0.3 is 14.6 Å². The molecule has 4 heteroatoms. The van der Waals surface area contributed by atoms with E-state index in [-0.39, 0.29) is 0 Å². The standard InChI is InChI=1S/C17H21N3O/c1-7-17(8-2-13(1)9-19-14-3-4-14)21-11-16-10-18-12-20(16)15-5-6-15/h1-2,7-8,10,12,14-15,19H,3-6,9,11H2. The van der Waals surface area contributed by atoms with Gasteiger partial charge in [-0.3, -0.25) is 0 Å². The molecule has 2 aliphatic carbocycles. The van der Waals surface area contributed by atoms with E-state index in [2.05, 4.69) is 39.1 Å². The first-order valence-corrected chi connectivity index (χ1v) is 7.84. The van der Waals surface area contributed by atoms with E-state index in [9.17, 15) is 0 Å². The molecule has 1 N–H and O–H groups in total. The Balaban J connectivity index is 1.32. The zero-order valence-electron chi connectivity index (χ0n) is 12.2. The summed E-state index contributed by atoms with van der Waals surface area (Å²) in [6.45, 7) is 1.55. The van der Waals surface area contributed by atoms with Gasteiger partial charge in [0.05, 0.1) is 18.2 Å². The van der Waals surface area contributed by atoms with Crippen molar-refractivity contribution in [2.45, 2.75) is 50.9 Å². The first-order chi connectivity index (χ1) is 10.4. The lowest BCUT2D eigenvalue weighted by Gasteiger charge is -2.09. The van der Waals surface area contributed by atoms with E-state index >= 15 is 0 Å². The van der Waals surface area contributed by atoms with Crippen molar-refractivity contribution in [1.29, 1.82) is 0 Å². The third-order valence-electron chi connectivity index (χ3n) is 4.17. The summed E-state index contributed by atoms with van der Waals surface area (Å²) in [5.74, 6) is 0.925. The van der Waals surface area contributed by atoms with Gasteiger partial charge in [-0.15, -0.1) is 0 Å². The third-order valence-corrected chi connectivity index (χ3v) is 4.17. The fourth-order valence-electron chi connectivity index (χ4n) is 2.54. The van der Waals surface area contributed by atoms with Crippen LogP contribution in [0.5, 0.6) is 5.75 Å². The van der Waals surface area contributed by atoms with Crippen LogP contribution in [0.1, 0.15) is 43.0 Å². The van der Waals surface area contributed by atoms with Crippen LogP contribution in [0.25, 0.3) is 0 Å². The summed E-state index contributed by atoms with van der Waals surface area (Å²) in [4.78, 5) is 4.23. The Hall–Kier alpha value is -1.81. The fraction of sp³-hybridized carbons (Fsp3) is 0.471.